The monoisotopic (exact) mass is 370 g/mol. The lowest BCUT2D eigenvalue weighted by molar-refractivity contribution is 0.102. The van der Waals surface area contributed by atoms with Gasteiger partial charge >= 0.3 is 0 Å². The molecule has 3 rings (SSSR count). The van der Waals surface area contributed by atoms with Crippen LogP contribution in [0.25, 0.3) is 5.69 Å². The lowest BCUT2D eigenvalue weighted by Crippen LogP contribution is -2.13. The summed E-state index contributed by atoms with van der Waals surface area (Å²) in [7, 11) is -1.06. The largest absolute Gasteiger partial charge is 0.322 e. The smallest absolute Gasteiger partial charge is 0.257 e. The molecule has 2 aromatic carbocycles. The molecular weight excluding hydrogens is 351 g/mol. The Kier molecular flexibility index (Phi) is 5.04. The molecule has 4 nitrogen and oxygen atoms in total. The molecule has 0 saturated carbocycles. The van der Waals surface area contributed by atoms with Crippen molar-refractivity contribution < 1.29 is 13.4 Å². The van der Waals surface area contributed by atoms with E-state index in [4.69, 9.17) is 0 Å². The van der Waals surface area contributed by atoms with Crippen molar-refractivity contribution >= 4 is 22.4 Å². The van der Waals surface area contributed by atoms with E-state index in [-0.39, 0.29) is 11.7 Å². The van der Waals surface area contributed by atoms with Crippen LogP contribution in [0.15, 0.2) is 59.5 Å². The zero-order chi connectivity index (χ0) is 18.8. The summed E-state index contributed by atoms with van der Waals surface area (Å²) >= 11 is 0. The molecule has 0 aliphatic rings. The normalized spacial score (nSPS) is 12.0. The van der Waals surface area contributed by atoms with E-state index in [1.54, 1.807) is 66.3 Å². The van der Waals surface area contributed by atoms with Crippen LogP contribution in [0.4, 0.5) is 10.1 Å². The highest BCUT2D eigenvalue weighted by molar-refractivity contribution is 7.84. The van der Waals surface area contributed by atoms with Crippen molar-refractivity contribution in [1.82, 2.24) is 4.57 Å². The van der Waals surface area contributed by atoms with Crippen LogP contribution in [0.5, 0.6) is 0 Å². The van der Waals surface area contributed by atoms with Crippen LogP contribution < -0.4 is 5.32 Å². The number of hydrogen-bond donors (Lipinski definition) is 1. The average molecular weight is 370 g/mol. The molecule has 1 unspecified atom stereocenters. The molecule has 1 aromatic heterocycles. The first kappa shape index (κ1) is 18.1. The van der Waals surface area contributed by atoms with E-state index in [9.17, 15) is 13.4 Å². The summed E-state index contributed by atoms with van der Waals surface area (Å²) in [6.07, 6.45) is 1.60. The molecule has 1 amide bonds. The summed E-state index contributed by atoms with van der Waals surface area (Å²) in [6, 6.07) is 15.1. The van der Waals surface area contributed by atoms with Crippen molar-refractivity contribution in [2.45, 2.75) is 18.7 Å². The molecule has 1 heterocycles. The maximum absolute atomic E-state index is 14.1. The summed E-state index contributed by atoms with van der Waals surface area (Å²) in [4.78, 5) is 13.4. The van der Waals surface area contributed by atoms with Crippen LogP contribution in [0.2, 0.25) is 0 Å². The van der Waals surface area contributed by atoms with Gasteiger partial charge in [0.2, 0.25) is 0 Å². The van der Waals surface area contributed by atoms with Gasteiger partial charge in [-0.25, -0.2) is 4.39 Å². The fourth-order valence-electron chi connectivity index (χ4n) is 2.92. The molecule has 0 fully saturated rings. The van der Waals surface area contributed by atoms with Gasteiger partial charge in [0.1, 0.15) is 5.82 Å². The lowest BCUT2D eigenvalue weighted by Gasteiger charge is -2.11. The second kappa shape index (κ2) is 7.25. The number of carbonyl (C=O) groups excluding carboxylic acids is 1. The molecule has 0 bridgehead atoms. The average Bonchev–Trinajstić information content (AvgIpc) is 2.90. The molecule has 26 heavy (non-hydrogen) atoms. The van der Waals surface area contributed by atoms with Gasteiger partial charge < -0.3 is 9.88 Å². The Hall–Kier alpha value is -2.73. The third-order valence-electron chi connectivity index (χ3n) is 4.21. The zero-order valence-corrected chi connectivity index (χ0v) is 15.6. The highest BCUT2D eigenvalue weighted by Crippen LogP contribution is 2.24. The minimum atomic E-state index is -1.06. The predicted octanol–water partition coefficient (Wildman–Crippen LogP) is 4.22. The number of nitrogens with one attached hydrogen (secondary N) is 1. The quantitative estimate of drug-likeness (QED) is 0.747. The number of aromatic nitrogens is 1. The number of anilines is 1. The minimum absolute atomic E-state index is 0.272. The van der Waals surface area contributed by atoms with Crippen molar-refractivity contribution in [3.63, 3.8) is 0 Å². The van der Waals surface area contributed by atoms with Crippen LogP contribution in [0.3, 0.4) is 0 Å². The summed E-state index contributed by atoms with van der Waals surface area (Å²) in [5.74, 6) is -0.615. The fraction of sp³-hybridized carbons (Fsp3) is 0.150. The van der Waals surface area contributed by atoms with Crippen molar-refractivity contribution in [2.75, 3.05) is 11.6 Å². The van der Waals surface area contributed by atoms with Crippen molar-refractivity contribution in [2.24, 2.45) is 0 Å². The van der Waals surface area contributed by atoms with E-state index < -0.39 is 10.8 Å². The summed E-state index contributed by atoms with van der Waals surface area (Å²) in [6.45, 7) is 3.62. The molecule has 0 aliphatic carbocycles. The molecule has 1 N–H and O–H groups in total. The topological polar surface area (TPSA) is 51.1 Å². The van der Waals surface area contributed by atoms with E-state index in [1.807, 2.05) is 6.92 Å². The molecule has 0 spiro atoms. The molecule has 0 radical (unpaired) electrons. The van der Waals surface area contributed by atoms with Crippen LogP contribution >= 0.6 is 0 Å². The number of benzene rings is 2. The van der Waals surface area contributed by atoms with Crippen LogP contribution in [-0.2, 0) is 10.8 Å². The van der Waals surface area contributed by atoms with Crippen molar-refractivity contribution in [3.8, 4) is 5.69 Å². The zero-order valence-electron chi connectivity index (χ0n) is 14.7. The van der Waals surface area contributed by atoms with Gasteiger partial charge in [0.05, 0.1) is 11.3 Å². The standard InChI is InChI=1S/C20H19FN2O2S/c1-13-12-17(14(2)23(13)19-7-5-4-6-18(19)21)20(24)22-15-8-10-16(11-9-15)26(3)25/h4-12H,1-3H3,(H,22,24). The molecule has 1 atom stereocenters. The summed E-state index contributed by atoms with van der Waals surface area (Å²) in [5, 5.41) is 2.83. The first-order valence-electron chi connectivity index (χ1n) is 8.07. The van der Waals surface area contributed by atoms with E-state index in [2.05, 4.69) is 5.32 Å². The Balaban J connectivity index is 1.90. The molecular formula is C20H19FN2O2S. The summed E-state index contributed by atoms with van der Waals surface area (Å²) in [5.41, 5.74) is 2.94. The van der Waals surface area contributed by atoms with Crippen molar-refractivity contribution in [1.29, 1.82) is 0 Å². The van der Waals surface area contributed by atoms with E-state index in [0.717, 1.165) is 5.69 Å². The number of para-hydroxylation sites is 1. The fourth-order valence-corrected chi connectivity index (χ4v) is 3.44. The summed E-state index contributed by atoms with van der Waals surface area (Å²) < 4.78 is 27.3. The van der Waals surface area contributed by atoms with Gasteiger partial charge in [0.15, 0.2) is 0 Å². The van der Waals surface area contributed by atoms with Gasteiger partial charge in [-0.05, 0) is 56.3 Å². The lowest BCUT2D eigenvalue weighted by atomic mass is 10.2. The Morgan fingerprint density at radius 3 is 2.35 bits per heavy atom. The molecule has 0 saturated heterocycles. The van der Waals surface area contributed by atoms with E-state index in [1.165, 1.54) is 6.07 Å². The molecule has 6 heteroatoms. The van der Waals surface area contributed by atoms with Crippen molar-refractivity contribution in [3.05, 3.63) is 77.4 Å². The first-order chi connectivity index (χ1) is 12.4. The third kappa shape index (κ3) is 3.46. The molecule has 134 valence electrons. The number of aryl methyl sites for hydroxylation is 1. The second-order valence-electron chi connectivity index (χ2n) is 6.00. The SMILES string of the molecule is Cc1cc(C(=O)Nc2ccc(S(C)=O)cc2)c(C)n1-c1ccccc1F. The number of hydrogen-bond acceptors (Lipinski definition) is 2. The molecule has 0 aliphatic heterocycles. The van der Waals surface area contributed by atoms with Gasteiger partial charge in [-0.2, -0.15) is 0 Å². The Morgan fingerprint density at radius 1 is 1.08 bits per heavy atom. The minimum Gasteiger partial charge on any atom is -0.322 e. The van der Waals surface area contributed by atoms with Crippen LogP contribution in [0.1, 0.15) is 21.7 Å². The van der Waals surface area contributed by atoms with E-state index in [0.29, 0.717) is 27.5 Å². The highest BCUT2D eigenvalue weighted by Gasteiger charge is 2.18. The first-order valence-corrected chi connectivity index (χ1v) is 9.63. The second-order valence-corrected chi connectivity index (χ2v) is 7.38. The number of rotatable bonds is 4. The Bertz CT molecular complexity index is 994. The number of nitrogens with zero attached hydrogens (tertiary/aromatic N) is 1. The number of halogens is 1. The Morgan fingerprint density at radius 2 is 1.73 bits per heavy atom. The van der Waals surface area contributed by atoms with Gasteiger partial charge in [-0.1, -0.05) is 12.1 Å². The number of carbonyl (C=O) groups is 1. The predicted molar refractivity (Wildman–Crippen MR) is 102 cm³/mol. The van der Waals surface area contributed by atoms with Gasteiger partial charge in [0.25, 0.3) is 5.91 Å². The maximum Gasteiger partial charge on any atom is 0.257 e. The van der Waals surface area contributed by atoms with Gasteiger partial charge in [-0.15, -0.1) is 0 Å². The van der Waals surface area contributed by atoms with Crippen LogP contribution in [0, 0.1) is 19.7 Å². The van der Waals surface area contributed by atoms with Crippen LogP contribution in [-0.4, -0.2) is 20.9 Å². The van der Waals surface area contributed by atoms with Gasteiger partial charge in [0, 0.05) is 39.0 Å². The third-order valence-corrected chi connectivity index (χ3v) is 5.15. The molecule has 3 aromatic rings. The van der Waals surface area contributed by atoms with E-state index >= 15 is 0 Å². The Labute approximate surface area is 154 Å². The maximum atomic E-state index is 14.1. The van der Waals surface area contributed by atoms with Gasteiger partial charge in [-0.3, -0.25) is 9.00 Å². The number of amides is 1. The highest BCUT2D eigenvalue weighted by atomic mass is 32.2.